The van der Waals surface area contributed by atoms with Crippen molar-refractivity contribution in [2.24, 2.45) is 0 Å². The zero-order valence-corrected chi connectivity index (χ0v) is 16.2. The van der Waals surface area contributed by atoms with Crippen molar-refractivity contribution in [3.63, 3.8) is 0 Å². The highest BCUT2D eigenvalue weighted by atomic mass is 35.5. The third kappa shape index (κ3) is 4.48. The number of anilines is 1. The van der Waals surface area contributed by atoms with Gasteiger partial charge in [-0.25, -0.2) is 4.39 Å². The van der Waals surface area contributed by atoms with Gasteiger partial charge >= 0.3 is 0 Å². The molecule has 3 aromatic rings. The number of piperazine rings is 1. The summed E-state index contributed by atoms with van der Waals surface area (Å²) in [7, 11) is 0. The molecule has 1 aromatic carbocycles. The van der Waals surface area contributed by atoms with Crippen molar-refractivity contribution < 1.29 is 18.4 Å². The monoisotopic (exact) mass is 416 g/mol. The fourth-order valence-corrected chi connectivity index (χ4v) is 3.33. The first-order valence-electron chi connectivity index (χ1n) is 9.08. The van der Waals surface area contributed by atoms with Gasteiger partial charge in [-0.05, 0) is 30.3 Å². The molecular weight excluding hydrogens is 399 g/mol. The number of carbonyl (C=O) groups is 1. The number of nitrogens with zero attached hydrogens (tertiary/aromatic N) is 4. The lowest BCUT2D eigenvalue weighted by Crippen LogP contribution is -2.48. The molecule has 0 saturated carbocycles. The number of halogens is 2. The summed E-state index contributed by atoms with van der Waals surface area (Å²) in [5.41, 5.74) is 1.32. The van der Waals surface area contributed by atoms with E-state index in [1.165, 1.54) is 12.1 Å². The normalized spacial score (nSPS) is 14.1. The molecule has 7 nitrogen and oxygen atoms in total. The number of hydrogen-bond donors (Lipinski definition) is 0. The highest BCUT2D eigenvalue weighted by molar-refractivity contribution is 6.32. The Labute approximate surface area is 171 Å². The number of rotatable bonds is 5. The SMILES string of the molecule is O=C(c1cc(COc2ccc(F)cc2Cl)on1)N1CCN(c2ccncc2)CC1. The molecule has 0 unspecified atom stereocenters. The summed E-state index contributed by atoms with van der Waals surface area (Å²) in [6.45, 7) is 2.66. The van der Waals surface area contributed by atoms with Gasteiger partial charge in [0.2, 0.25) is 0 Å². The Kier molecular flexibility index (Phi) is 5.62. The topological polar surface area (TPSA) is 71.7 Å². The largest absolute Gasteiger partial charge is 0.484 e. The van der Waals surface area contributed by atoms with Crippen molar-refractivity contribution in [2.75, 3.05) is 31.1 Å². The van der Waals surface area contributed by atoms with Crippen molar-refractivity contribution in [3.05, 3.63) is 71.1 Å². The smallest absolute Gasteiger partial charge is 0.276 e. The first-order chi connectivity index (χ1) is 14.1. The molecule has 1 amide bonds. The highest BCUT2D eigenvalue weighted by Crippen LogP contribution is 2.26. The fraction of sp³-hybridized carbons (Fsp3) is 0.250. The number of benzene rings is 1. The molecule has 2 aromatic heterocycles. The third-order valence-electron chi connectivity index (χ3n) is 4.64. The van der Waals surface area contributed by atoms with Crippen LogP contribution in [0.5, 0.6) is 5.75 Å². The number of amides is 1. The second-order valence-electron chi connectivity index (χ2n) is 6.53. The minimum atomic E-state index is -0.445. The van der Waals surface area contributed by atoms with E-state index < -0.39 is 5.82 Å². The standard InChI is InChI=1S/C20H18ClFN4O3/c21-17-11-14(22)1-2-19(17)28-13-16-12-18(24-29-16)20(27)26-9-7-25(8-10-26)15-3-5-23-6-4-15/h1-6,11-12H,7-10,13H2. The second kappa shape index (κ2) is 8.48. The second-order valence-corrected chi connectivity index (χ2v) is 6.93. The molecule has 1 aliphatic heterocycles. The van der Waals surface area contributed by atoms with Gasteiger partial charge < -0.3 is 19.1 Å². The molecule has 0 N–H and O–H groups in total. The van der Waals surface area contributed by atoms with Gasteiger partial charge in [-0.1, -0.05) is 16.8 Å². The van der Waals surface area contributed by atoms with Gasteiger partial charge in [0.05, 0.1) is 5.02 Å². The molecule has 9 heteroatoms. The van der Waals surface area contributed by atoms with Gasteiger partial charge in [0.15, 0.2) is 11.5 Å². The number of carbonyl (C=O) groups excluding carboxylic acids is 1. The summed E-state index contributed by atoms with van der Waals surface area (Å²) in [6, 6.07) is 9.31. The maximum Gasteiger partial charge on any atom is 0.276 e. The van der Waals surface area contributed by atoms with E-state index in [1.807, 2.05) is 12.1 Å². The first kappa shape index (κ1) is 19.2. The van der Waals surface area contributed by atoms with Gasteiger partial charge in [-0.15, -0.1) is 0 Å². The van der Waals surface area contributed by atoms with Crippen molar-refractivity contribution >= 4 is 23.2 Å². The van der Waals surface area contributed by atoms with E-state index in [2.05, 4.69) is 15.0 Å². The molecular formula is C20H18ClFN4O3. The average molecular weight is 417 g/mol. The Morgan fingerprint density at radius 1 is 1.14 bits per heavy atom. The van der Waals surface area contributed by atoms with Crippen molar-refractivity contribution in [1.29, 1.82) is 0 Å². The Morgan fingerprint density at radius 2 is 1.90 bits per heavy atom. The van der Waals surface area contributed by atoms with Crippen molar-refractivity contribution in [2.45, 2.75) is 6.61 Å². The van der Waals surface area contributed by atoms with Crippen LogP contribution in [0.2, 0.25) is 5.02 Å². The minimum absolute atomic E-state index is 0.0292. The maximum absolute atomic E-state index is 13.1. The zero-order valence-electron chi connectivity index (χ0n) is 15.4. The number of ether oxygens (including phenoxy) is 1. The molecule has 1 saturated heterocycles. The number of aromatic nitrogens is 2. The van der Waals surface area contributed by atoms with E-state index in [0.29, 0.717) is 24.6 Å². The minimum Gasteiger partial charge on any atom is -0.484 e. The molecule has 0 bridgehead atoms. The van der Waals surface area contributed by atoms with Gasteiger partial charge in [-0.3, -0.25) is 9.78 Å². The maximum atomic E-state index is 13.1. The summed E-state index contributed by atoms with van der Waals surface area (Å²) in [4.78, 5) is 20.7. The molecule has 0 aliphatic carbocycles. The third-order valence-corrected chi connectivity index (χ3v) is 4.93. The first-order valence-corrected chi connectivity index (χ1v) is 9.45. The van der Waals surface area contributed by atoms with Crippen LogP contribution in [-0.2, 0) is 6.61 Å². The van der Waals surface area contributed by atoms with E-state index in [1.54, 1.807) is 23.4 Å². The van der Waals surface area contributed by atoms with Gasteiger partial charge in [0.1, 0.15) is 18.2 Å². The van der Waals surface area contributed by atoms with E-state index >= 15 is 0 Å². The molecule has 3 heterocycles. The zero-order chi connectivity index (χ0) is 20.2. The van der Waals surface area contributed by atoms with Crippen LogP contribution in [0.1, 0.15) is 16.2 Å². The molecule has 4 rings (SSSR count). The molecule has 1 fully saturated rings. The Bertz CT molecular complexity index is 990. The molecule has 1 aliphatic rings. The Hall–Kier alpha value is -3.13. The Morgan fingerprint density at radius 3 is 2.62 bits per heavy atom. The van der Waals surface area contributed by atoms with Crippen molar-refractivity contribution in [1.82, 2.24) is 15.0 Å². The summed E-state index contributed by atoms with van der Waals surface area (Å²) >= 11 is 5.93. The summed E-state index contributed by atoms with van der Waals surface area (Å²) in [5, 5.41) is 4.02. The quantitative estimate of drug-likeness (QED) is 0.634. The number of hydrogen-bond acceptors (Lipinski definition) is 6. The van der Waals surface area contributed by atoms with Crippen molar-refractivity contribution in [3.8, 4) is 5.75 Å². The van der Waals surface area contributed by atoms with E-state index in [4.69, 9.17) is 20.9 Å². The molecule has 0 atom stereocenters. The summed E-state index contributed by atoms with van der Waals surface area (Å²) < 4.78 is 23.8. The van der Waals surface area contributed by atoms with E-state index in [0.717, 1.165) is 24.8 Å². The van der Waals surface area contributed by atoms with Crippen LogP contribution < -0.4 is 9.64 Å². The van der Waals surface area contributed by atoms with E-state index in [-0.39, 0.29) is 23.2 Å². The van der Waals surface area contributed by atoms with Crippen LogP contribution in [0, 0.1) is 5.82 Å². The predicted octanol–water partition coefficient (Wildman–Crippen LogP) is 3.40. The lowest BCUT2D eigenvalue weighted by molar-refractivity contribution is 0.0736. The van der Waals surface area contributed by atoms with Gasteiger partial charge in [-0.2, -0.15) is 0 Å². The van der Waals surface area contributed by atoms with E-state index in [9.17, 15) is 9.18 Å². The predicted molar refractivity (Wildman–Crippen MR) is 105 cm³/mol. The van der Waals surface area contributed by atoms with Crippen LogP contribution in [0.3, 0.4) is 0 Å². The number of pyridine rings is 1. The van der Waals surface area contributed by atoms with Crippen LogP contribution in [0.25, 0.3) is 0 Å². The van der Waals surface area contributed by atoms with Crippen LogP contribution in [-0.4, -0.2) is 47.1 Å². The van der Waals surface area contributed by atoms with Crippen LogP contribution >= 0.6 is 11.6 Å². The fourth-order valence-electron chi connectivity index (χ4n) is 3.11. The molecule has 150 valence electrons. The van der Waals surface area contributed by atoms with Crippen LogP contribution in [0.15, 0.2) is 53.3 Å². The summed E-state index contributed by atoms with van der Waals surface area (Å²) in [5.74, 6) is 0.0712. The average Bonchev–Trinajstić information content (AvgIpc) is 3.22. The Balaban J connectivity index is 1.33. The van der Waals surface area contributed by atoms with Gasteiger partial charge in [0.25, 0.3) is 5.91 Å². The van der Waals surface area contributed by atoms with Gasteiger partial charge in [0, 0.05) is 50.3 Å². The molecule has 0 radical (unpaired) electrons. The lowest BCUT2D eigenvalue weighted by Gasteiger charge is -2.35. The molecule has 0 spiro atoms. The highest BCUT2D eigenvalue weighted by Gasteiger charge is 2.24. The lowest BCUT2D eigenvalue weighted by atomic mass is 10.2. The summed E-state index contributed by atoms with van der Waals surface area (Å²) in [6.07, 6.45) is 3.51. The molecule has 29 heavy (non-hydrogen) atoms. The van der Waals surface area contributed by atoms with Crippen LogP contribution in [0.4, 0.5) is 10.1 Å².